The Kier molecular flexibility index (Phi) is 2.05. The van der Waals surface area contributed by atoms with Gasteiger partial charge in [-0.3, -0.25) is 5.10 Å². The van der Waals surface area contributed by atoms with Crippen LogP contribution < -0.4 is 4.74 Å². The third-order valence-electron chi connectivity index (χ3n) is 1.63. The molecule has 1 N–H and O–H groups in total. The van der Waals surface area contributed by atoms with Crippen LogP contribution in [0.4, 0.5) is 0 Å². The van der Waals surface area contributed by atoms with E-state index in [1.54, 1.807) is 13.3 Å². The highest BCUT2D eigenvalue weighted by atomic mass is 32.2. The number of rotatable bonds is 2. The normalized spacial score (nSPS) is 10.6. The number of hydrogen-bond acceptors (Lipinski definition) is 5. The predicted octanol–water partition coefficient (Wildman–Crippen LogP) is 1.08. The van der Waals surface area contributed by atoms with Crippen molar-refractivity contribution in [1.29, 1.82) is 0 Å². The molecule has 0 aromatic carbocycles. The lowest BCUT2D eigenvalue weighted by Gasteiger charge is -2.00. The van der Waals surface area contributed by atoms with E-state index in [4.69, 9.17) is 4.74 Å². The van der Waals surface area contributed by atoms with Gasteiger partial charge in [-0.05, 0) is 6.26 Å². The van der Waals surface area contributed by atoms with Crippen molar-refractivity contribution in [3.8, 4) is 5.88 Å². The molecule has 0 radical (unpaired) electrons. The third-order valence-corrected chi connectivity index (χ3v) is 2.18. The summed E-state index contributed by atoms with van der Waals surface area (Å²) in [6.45, 7) is 0. The van der Waals surface area contributed by atoms with Gasteiger partial charge in [0, 0.05) is 0 Å². The summed E-state index contributed by atoms with van der Waals surface area (Å²) in [5.74, 6) is 0.558. The van der Waals surface area contributed by atoms with Gasteiger partial charge < -0.3 is 4.74 Å². The summed E-state index contributed by atoms with van der Waals surface area (Å²) in [7, 11) is 1.58. The Morgan fingerprint density at radius 2 is 2.31 bits per heavy atom. The molecule has 0 fully saturated rings. The summed E-state index contributed by atoms with van der Waals surface area (Å²) in [4.78, 5) is 8.40. The zero-order valence-corrected chi connectivity index (χ0v) is 8.05. The van der Waals surface area contributed by atoms with Crippen LogP contribution in [0.2, 0.25) is 0 Å². The molecule has 0 spiro atoms. The minimum atomic E-state index is 0.558. The highest BCUT2D eigenvalue weighted by Crippen LogP contribution is 2.22. The van der Waals surface area contributed by atoms with Crippen molar-refractivity contribution in [2.45, 2.75) is 5.16 Å². The number of aromatic amines is 1. The van der Waals surface area contributed by atoms with Crippen LogP contribution in [0.15, 0.2) is 11.4 Å². The topological polar surface area (TPSA) is 63.7 Å². The summed E-state index contributed by atoms with van der Waals surface area (Å²) < 4.78 is 5.10. The standard InChI is InChI=1S/C7H8N4OS/c1-12-6-4-3-8-11-5(4)9-7(10-6)13-2/h3H,1-2H3,(H,8,9,10,11). The Hall–Kier alpha value is -1.30. The number of aromatic nitrogens is 4. The molecule has 0 saturated carbocycles. The Morgan fingerprint density at radius 1 is 1.46 bits per heavy atom. The van der Waals surface area contributed by atoms with E-state index in [0.717, 1.165) is 5.39 Å². The average Bonchev–Trinajstić information content (AvgIpc) is 2.63. The number of ether oxygens (including phenoxy) is 1. The number of methoxy groups -OCH3 is 1. The van der Waals surface area contributed by atoms with Crippen LogP contribution in [0, 0.1) is 0 Å². The molecule has 0 bridgehead atoms. The van der Waals surface area contributed by atoms with Gasteiger partial charge in [0.1, 0.15) is 5.39 Å². The molecule has 6 heteroatoms. The lowest BCUT2D eigenvalue weighted by atomic mass is 10.4. The van der Waals surface area contributed by atoms with Crippen molar-refractivity contribution in [3.63, 3.8) is 0 Å². The molecule has 0 aliphatic heterocycles. The fourth-order valence-corrected chi connectivity index (χ4v) is 1.39. The minimum absolute atomic E-state index is 0.558. The van der Waals surface area contributed by atoms with Gasteiger partial charge in [-0.1, -0.05) is 11.8 Å². The molecule has 68 valence electrons. The molecular weight excluding hydrogens is 188 g/mol. The maximum atomic E-state index is 5.10. The van der Waals surface area contributed by atoms with Gasteiger partial charge in [-0.15, -0.1) is 0 Å². The highest BCUT2D eigenvalue weighted by molar-refractivity contribution is 7.98. The molecule has 2 rings (SSSR count). The lowest BCUT2D eigenvalue weighted by molar-refractivity contribution is 0.398. The highest BCUT2D eigenvalue weighted by Gasteiger charge is 2.08. The van der Waals surface area contributed by atoms with Gasteiger partial charge in [0.05, 0.1) is 13.3 Å². The van der Waals surface area contributed by atoms with Crippen LogP contribution in [0.1, 0.15) is 0 Å². The summed E-state index contributed by atoms with van der Waals surface area (Å²) in [6.07, 6.45) is 3.56. The second kappa shape index (κ2) is 3.21. The third kappa shape index (κ3) is 1.33. The fraction of sp³-hybridized carbons (Fsp3) is 0.286. The van der Waals surface area contributed by atoms with Crippen molar-refractivity contribution in [2.75, 3.05) is 13.4 Å². The van der Waals surface area contributed by atoms with Crippen LogP contribution in [-0.4, -0.2) is 33.5 Å². The first-order chi connectivity index (χ1) is 6.35. The molecule has 5 nitrogen and oxygen atoms in total. The number of nitrogens with zero attached hydrogens (tertiary/aromatic N) is 3. The Balaban J connectivity index is 2.70. The molecule has 2 heterocycles. The minimum Gasteiger partial charge on any atom is -0.480 e. The van der Waals surface area contributed by atoms with Gasteiger partial charge in [0.15, 0.2) is 10.8 Å². The summed E-state index contributed by atoms with van der Waals surface area (Å²) >= 11 is 1.47. The van der Waals surface area contributed by atoms with Crippen LogP contribution in [0.5, 0.6) is 5.88 Å². The Bertz CT molecular complexity index is 427. The van der Waals surface area contributed by atoms with Gasteiger partial charge in [-0.25, -0.2) is 4.98 Å². The van der Waals surface area contributed by atoms with Gasteiger partial charge >= 0.3 is 0 Å². The molecule has 0 unspecified atom stereocenters. The molecule has 0 atom stereocenters. The van der Waals surface area contributed by atoms with Gasteiger partial charge in [0.25, 0.3) is 0 Å². The maximum absolute atomic E-state index is 5.10. The number of nitrogens with one attached hydrogen (secondary N) is 1. The molecule has 13 heavy (non-hydrogen) atoms. The van der Waals surface area contributed by atoms with E-state index in [-0.39, 0.29) is 0 Å². The van der Waals surface area contributed by atoms with Crippen LogP contribution in [0.25, 0.3) is 11.0 Å². The molecule has 0 aliphatic rings. The largest absolute Gasteiger partial charge is 0.480 e. The van der Waals surface area contributed by atoms with E-state index in [9.17, 15) is 0 Å². The van der Waals surface area contributed by atoms with E-state index >= 15 is 0 Å². The first-order valence-corrected chi connectivity index (χ1v) is 4.86. The van der Waals surface area contributed by atoms with Crippen molar-refractivity contribution in [3.05, 3.63) is 6.20 Å². The van der Waals surface area contributed by atoms with Gasteiger partial charge in [0.2, 0.25) is 5.88 Å². The zero-order chi connectivity index (χ0) is 9.26. The zero-order valence-electron chi connectivity index (χ0n) is 7.24. The quantitative estimate of drug-likeness (QED) is 0.575. The van der Waals surface area contributed by atoms with E-state index in [1.165, 1.54) is 11.8 Å². The second-order valence-corrected chi connectivity index (χ2v) is 3.13. The smallest absolute Gasteiger partial charge is 0.228 e. The molecule has 0 amide bonds. The van der Waals surface area contributed by atoms with E-state index < -0.39 is 0 Å². The second-order valence-electron chi connectivity index (χ2n) is 2.35. The molecule has 2 aromatic rings. The van der Waals surface area contributed by atoms with E-state index in [2.05, 4.69) is 20.2 Å². The average molecular weight is 196 g/mol. The Labute approximate surface area is 78.9 Å². The van der Waals surface area contributed by atoms with E-state index in [0.29, 0.717) is 16.7 Å². The van der Waals surface area contributed by atoms with Crippen molar-refractivity contribution in [1.82, 2.24) is 20.2 Å². The fourth-order valence-electron chi connectivity index (χ4n) is 1.04. The van der Waals surface area contributed by atoms with Crippen LogP contribution >= 0.6 is 11.8 Å². The summed E-state index contributed by atoms with van der Waals surface area (Å²) in [5.41, 5.74) is 0.705. The van der Waals surface area contributed by atoms with Crippen LogP contribution in [-0.2, 0) is 0 Å². The molecule has 2 aromatic heterocycles. The predicted molar refractivity (Wildman–Crippen MR) is 50.0 cm³/mol. The first kappa shape index (κ1) is 8.31. The SMILES string of the molecule is COc1nc(SC)nc2[nH]ncc12. The number of hydrogen-bond donors (Lipinski definition) is 1. The maximum Gasteiger partial charge on any atom is 0.228 e. The van der Waals surface area contributed by atoms with Crippen LogP contribution in [0.3, 0.4) is 0 Å². The molecule has 0 aliphatic carbocycles. The molecule has 0 saturated heterocycles. The Morgan fingerprint density at radius 3 is 3.00 bits per heavy atom. The lowest BCUT2D eigenvalue weighted by Crippen LogP contribution is -1.93. The van der Waals surface area contributed by atoms with Crippen molar-refractivity contribution < 1.29 is 4.74 Å². The first-order valence-electron chi connectivity index (χ1n) is 3.64. The number of thioether (sulfide) groups is 1. The number of H-pyrrole nitrogens is 1. The van der Waals surface area contributed by atoms with Gasteiger partial charge in [-0.2, -0.15) is 10.1 Å². The number of fused-ring (bicyclic) bond motifs is 1. The summed E-state index contributed by atoms with van der Waals surface area (Å²) in [6, 6.07) is 0. The molecular formula is C7H8N4OS. The van der Waals surface area contributed by atoms with Crippen molar-refractivity contribution in [2.24, 2.45) is 0 Å². The monoisotopic (exact) mass is 196 g/mol. The van der Waals surface area contributed by atoms with Crippen molar-refractivity contribution >= 4 is 22.8 Å². The van der Waals surface area contributed by atoms with E-state index in [1.807, 2.05) is 6.26 Å². The summed E-state index contributed by atoms with van der Waals surface area (Å²) in [5, 5.41) is 8.12.